The molecule has 4 aliphatic rings. The van der Waals surface area contributed by atoms with Crippen LogP contribution in [-0.2, 0) is 11.8 Å². The van der Waals surface area contributed by atoms with Gasteiger partial charge in [0.05, 0.1) is 5.54 Å². The van der Waals surface area contributed by atoms with Crippen LogP contribution in [0.5, 0.6) is 0 Å². The molecule has 2 bridgehead atoms. The number of fused-ring (bicyclic) bond motifs is 3. The molecule has 42 heavy (non-hydrogen) atoms. The quantitative estimate of drug-likeness (QED) is 0.308. The highest BCUT2D eigenvalue weighted by atomic mass is 15.2. The number of aliphatic imine (C=N–C) groups is 1. The molecular formula is C38H54N4. The van der Waals surface area contributed by atoms with Crippen molar-refractivity contribution in [2.45, 2.75) is 123 Å². The summed E-state index contributed by atoms with van der Waals surface area (Å²) in [5.74, 6) is 1.54. The molecule has 226 valence electrons. The fourth-order valence-corrected chi connectivity index (χ4v) is 7.86. The van der Waals surface area contributed by atoms with Gasteiger partial charge in [-0.15, -0.1) is 0 Å². The van der Waals surface area contributed by atoms with Gasteiger partial charge in [0.2, 0.25) is 0 Å². The normalized spacial score (nSPS) is 25.2. The third-order valence-corrected chi connectivity index (χ3v) is 10.7. The molecule has 2 N–H and O–H groups in total. The molecule has 4 heteroatoms. The first-order valence-corrected chi connectivity index (χ1v) is 16.6. The number of benzene rings is 1. The fourth-order valence-electron chi connectivity index (χ4n) is 7.86. The average Bonchev–Trinajstić information content (AvgIpc) is 3.00. The minimum absolute atomic E-state index is 0.122. The van der Waals surface area contributed by atoms with Crippen molar-refractivity contribution in [2.75, 3.05) is 11.4 Å². The smallest absolute Gasteiger partial charge is 0.133 e. The van der Waals surface area contributed by atoms with Crippen LogP contribution in [0.4, 0.5) is 5.82 Å². The Hall–Kier alpha value is -2.88. The number of anilines is 1. The second-order valence-electron chi connectivity index (χ2n) is 14.7. The van der Waals surface area contributed by atoms with E-state index in [1.165, 1.54) is 87.5 Å². The zero-order valence-electron chi connectivity index (χ0n) is 27.0. The Morgan fingerprint density at radius 3 is 2.36 bits per heavy atom. The maximum absolute atomic E-state index is 6.55. The van der Waals surface area contributed by atoms with E-state index < -0.39 is 0 Å². The minimum atomic E-state index is -0.122. The summed E-state index contributed by atoms with van der Waals surface area (Å²) in [6.45, 7) is 16.6. The number of aromatic nitrogens is 1. The van der Waals surface area contributed by atoms with Crippen LogP contribution in [0.25, 0.3) is 5.70 Å². The summed E-state index contributed by atoms with van der Waals surface area (Å²) in [7, 11) is 0. The lowest BCUT2D eigenvalue weighted by atomic mass is 9.51. The van der Waals surface area contributed by atoms with Gasteiger partial charge in [0, 0.05) is 35.9 Å². The van der Waals surface area contributed by atoms with Gasteiger partial charge in [-0.25, -0.2) is 4.98 Å². The molecule has 4 nitrogen and oxygen atoms in total. The maximum atomic E-state index is 6.55. The first-order valence-electron chi connectivity index (χ1n) is 16.6. The van der Waals surface area contributed by atoms with Crippen LogP contribution in [-0.4, -0.2) is 23.3 Å². The third-order valence-electron chi connectivity index (χ3n) is 10.7. The first kappa shape index (κ1) is 30.6. The van der Waals surface area contributed by atoms with Gasteiger partial charge in [-0.3, -0.25) is 4.99 Å². The predicted octanol–water partition coefficient (Wildman–Crippen LogP) is 9.31. The molecule has 1 aromatic carbocycles. The average molecular weight is 567 g/mol. The Morgan fingerprint density at radius 1 is 1.05 bits per heavy atom. The minimum Gasteiger partial charge on any atom is -0.398 e. The molecular weight excluding hydrogens is 512 g/mol. The van der Waals surface area contributed by atoms with E-state index in [9.17, 15) is 0 Å². The molecule has 0 atom stereocenters. The molecule has 0 aliphatic heterocycles. The van der Waals surface area contributed by atoms with Gasteiger partial charge in [-0.1, -0.05) is 51.0 Å². The molecule has 0 spiro atoms. The van der Waals surface area contributed by atoms with Crippen molar-refractivity contribution in [3.8, 4) is 0 Å². The van der Waals surface area contributed by atoms with Gasteiger partial charge in [-0.2, -0.15) is 0 Å². The summed E-state index contributed by atoms with van der Waals surface area (Å²) in [6.07, 6.45) is 20.9. The summed E-state index contributed by atoms with van der Waals surface area (Å²) >= 11 is 0. The Balaban J connectivity index is 1.39. The monoisotopic (exact) mass is 566 g/mol. The molecule has 4 fully saturated rings. The highest BCUT2D eigenvalue weighted by molar-refractivity contribution is 5.84. The lowest BCUT2D eigenvalue weighted by Gasteiger charge is -2.55. The molecule has 0 saturated heterocycles. The SMILES string of the molecule is C=C(C1CCCCC1)N(CC12CCC(c3ccc(CC)c(C)c3)(CC1)CC2)c1cc(/C(N)=C/C=NC(C)(C)C)ccn1. The van der Waals surface area contributed by atoms with Crippen LogP contribution >= 0.6 is 0 Å². The van der Waals surface area contributed by atoms with Crippen LogP contribution in [0.1, 0.15) is 121 Å². The number of rotatable bonds is 9. The van der Waals surface area contributed by atoms with Crippen LogP contribution < -0.4 is 10.6 Å². The van der Waals surface area contributed by atoms with Crippen molar-refractivity contribution in [1.82, 2.24) is 4.98 Å². The van der Waals surface area contributed by atoms with Crippen molar-refractivity contribution < 1.29 is 0 Å². The van der Waals surface area contributed by atoms with Gasteiger partial charge >= 0.3 is 0 Å². The van der Waals surface area contributed by atoms with Crippen molar-refractivity contribution in [2.24, 2.45) is 22.1 Å². The van der Waals surface area contributed by atoms with Crippen LogP contribution in [0.2, 0.25) is 0 Å². The number of nitrogens with zero attached hydrogens (tertiary/aromatic N) is 3. The summed E-state index contributed by atoms with van der Waals surface area (Å²) in [5, 5.41) is 0. The molecule has 0 radical (unpaired) electrons. The predicted molar refractivity (Wildman–Crippen MR) is 180 cm³/mol. The fraction of sp³-hybridized carbons (Fsp3) is 0.579. The van der Waals surface area contributed by atoms with E-state index in [0.29, 0.717) is 16.7 Å². The van der Waals surface area contributed by atoms with Gasteiger partial charge in [0.1, 0.15) is 5.82 Å². The van der Waals surface area contributed by atoms with Crippen molar-refractivity contribution in [1.29, 1.82) is 0 Å². The van der Waals surface area contributed by atoms with Crippen molar-refractivity contribution in [3.05, 3.63) is 77.1 Å². The van der Waals surface area contributed by atoms with E-state index in [0.717, 1.165) is 30.0 Å². The molecule has 1 heterocycles. The molecule has 4 saturated carbocycles. The number of hydrogen-bond acceptors (Lipinski definition) is 4. The molecule has 4 aliphatic carbocycles. The van der Waals surface area contributed by atoms with Crippen LogP contribution in [0.3, 0.4) is 0 Å². The molecule has 1 aromatic heterocycles. The zero-order valence-corrected chi connectivity index (χ0v) is 27.0. The van der Waals surface area contributed by atoms with Gasteiger partial charge in [0.25, 0.3) is 0 Å². The van der Waals surface area contributed by atoms with E-state index in [-0.39, 0.29) is 5.54 Å². The first-order chi connectivity index (χ1) is 20.0. The summed E-state index contributed by atoms with van der Waals surface area (Å²) < 4.78 is 0. The Bertz CT molecular complexity index is 1300. The third kappa shape index (κ3) is 6.68. The number of allylic oxidation sites excluding steroid dienone is 2. The number of aryl methyl sites for hydroxylation is 2. The van der Waals surface area contributed by atoms with Gasteiger partial charge in [0.15, 0.2) is 0 Å². The summed E-state index contributed by atoms with van der Waals surface area (Å²) in [4.78, 5) is 12.0. The Kier molecular flexibility index (Phi) is 9.02. The van der Waals surface area contributed by atoms with E-state index in [1.54, 1.807) is 5.56 Å². The van der Waals surface area contributed by atoms with E-state index in [2.05, 4.69) is 68.8 Å². The molecule has 6 rings (SSSR count). The highest BCUT2D eigenvalue weighted by Gasteiger charge is 2.50. The number of hydrogen-bond donors (Lipinski definition) is 1. The summed E-state index contributed by atoms with van der Waals surface area (Å²) in [5.41, 5.74) is 14.6. The van der Waals surface area contributed by atoms with Crippen LogP contribution in [0, 0.1) is 18.3 Å². The largest absolute Gasteiger partial charge is 0.398 e. The lowest BCUT2D eigenvalue weighted by Crippen LogP contribution is -2.49. The standard InChI is InChI=1S/C38H54N4/c1-7-30-13-14-33(25-28(30)2)38-20-17-37(18-21-38,19-22-38)27-42(29(3)31-11-9-8-10-12-31)35-26-32(15-23-40-35)34(39)16-24-41-36(4,5)6/h13-16,23-26,31H,3,7-12,17-22,27,39H2,1-2,4-6H3/b34-16-,41-24?. The van der Waals surface area contributed by atoms with Gasteiger partial charge in [-0.05, 0) is 137 Å². The Morgan fingerprint density at radius 2 is 1.74 bits per heavy atom. The van der Waals surface area contributed by atoms with E-state index in [4.69, 9.17) is 17.3 Å². The lowest BCUT2D eigenvalue weighted by molar-refractivity contribution is 0.0459. The van der Waals surface area contributed by atoms with Gasteiger partial charge < -0.3 is 10.6 Å². The van der Waals surface area contributed by atoms with Crippen molar-refractivity contribution >= 4 is 17.7 Å². The zero-order chi connectivity index (χ0) is 30.0. The van der Waals surface area contributed by atoms with E-state index in [1.807, 2.05) is 24.6 Å². The molecule has 0 amide bonds. The topological polar surface area (TPSA) is 54.5 Å². The Labute approximate surface area is 255 Å². The molecule has 2 aromatic rings. The maximum Gasteiger partial charge on any atom is 0.133 e. The second kappa shape index (κ2) is 12.4. The summed E-state index contributed by atoms with van der Waals surface area (Å²) in [6, 6.07) is 11.5. The van der Waals surface area contributed by atoms with E-state index >= 15 is 0 Å². The van der Waals surface area contributed by atoms with Crippen LogP contribution in [0.15, 0.2) is 59.9 Å². The molecule has 0 unspecified atom stereocenters. The number of pyridine rings is 1. The number of nitrogens with two attached hydrogens (primary N) is 1. The van der Waals surface area contributed by atoms with Crippen molar-refractivity contribution in [3.63, 3.8) is 0 Å². The highest BCUT2D eigenvalue weighted by Crippen LogP contribution is 2.58. The second-order valence-corrected chi connectivity index (χ2v) is 14.7.